The highest BCUT2D eigenvalue weighted by Gasteiger charge is 2.45. The predicted octanol–water partition coefficient (Wildman–Crippen LogP) is 2.49. The van der Waals surface area contributed by atoms with Gasteiger partial charge in [0.2, 0.25) is 0 Å². The number of aliphatic hydroxyl groups is 1. The molecule has 0 radical (unpaired) electrons. The van der Waals surface area contributed by atoms with Gasteiger partial charge in [0, 0.05) is 6.20 Å². The standard InChI is InChI=1S/C13H19NO2/c1-12(2)6-7-13(15,9-12)11-10(16-3)5-4-8-14-11/h4-5,8,15H,6-7,9H2,1-3H3. The molecule has 1 aliphatic rings. The van der Waals surface area contributed by atoms with E-state index in [9.17, 15) is 5.11 Å². The number of rotatable bonds is 2. The molecular weight excluding hydrogens is 202 g/mol. The first-order valence-electron chi connectivity index (χ1n) is 5.69. The Hall–Kier alpha value is -1.09. The average molecular weight is 221 g/mol. The van der Waals surface area contributed by atoms with Gasteiger partial charge in [-0.25, -0.2) is 0 Å². The summed E-state index contributed by atoms with van der Waals surface area (Å²) in [6.45, 7) is 4.36. The SMILES string of the molecule is COc1cccnc1C1(O)CCC(C)(C)C1. The molecular formula is C13H19NO2. The summed E-state index contributed by atoms with van der Waals surface area (Å²) in [7, 11) is 1.62. The minimum Gasteiger partial charge on any atom is -0.495 e. The first kappa shape index (κ1) is 11.4. The van der Waals surface area contributed by atoms with E-state index in [1.807, 2.05) is 12.1 Å². The van der Waals surface area contributed by atoms with E-state index in [1.54, 1.807) is 13.3 Å². The fourth-order valence-electron chi connectivity index (χ4n) is 2.62. The molecule has 1 aromatic rings. The van der Waals surface area contributed by atoms with Crippen molar-refractivity contribution in [1.29, 1.82) is 0 Å². The van der Waals surface area contributed by atoms with Gasteiger partial charge >= 0.3 is 0 Å². The Kier molecular flexibility index (Phi) is 2.66. The second-order valence-electron chi connectivity index (χ2n) is 5.43. The van der Waals surface area contributed by atoms with Gasteiger partial charge in [-0.3, -0.25) is 4.98 Å². The molecule has 1 aromatic heterocycles. The van der Waals surface area contributed by atoms with Crippen LogP contribution in [0, 0.1) is 5.41 Å². The van der Waals surface area contributed by atoms with Crippen molar-refractivity contribution in [1.82, 2.24) is 4.98 Å². The third-order valence-electron chi connectivity index (χ3n) is 3.42. The van der Waals surface area contributed by atoms with Gasteiger partial charge in [-0.2, -0.15) is 0 Å². The summed E-state index contributed by atoms with van der Waals surface area (Å²) in [6.07, 6.45) is 4.23. The van der Waals surface area contributed by atoms with E-state index < -0.39 is 5.60 Å². The lowest BCUT2D eigenvalue weighted by Gasteiger charge is -2.25. The van der Waals surface area contributed by atoms with Crippen LogP contribution in [-0.4, -0.2) is 17.2 Å². The number of nitrogens with zero attached hydrogens (tertiary/aromatic N) is 1. The van der Waals surface area contributed by atoms with Crippen molar-refractivity contribution in [2.24, 2.45) is 5.41 Å². The first-order valence-corrected chi connectivity index (χ1v) is 5.69. The predicted molar refractivity (Wildman–Crippen MR) is 62.3 cm³/mol. The zero-order valence-corrected chi connectivity index (χ0v) is 10.2. The Morgan fingerprint density at radius 3 is 2.69 bits per heavy atom. The Morgan fingerprint density at radius 1 is 1.38 bits per heavy atom. The number of hydrogen-bond donors (Lipinski definition) is 1. The van der Waals surface area contributed by atoms with Crippen molar-refractivity contribution < 1.29 is 9.84 Å². The average Bonchev–Trinajstić information content (AvgIpc) is 2.54. The normalized spacial score (nSPS) is 28.0. The number of pyridine rings is 1. The highest BCUT2D eigenvalue weighted by Crippen LogP contribution is 2.50. The number of hydrogen-bond acceptors (Lipinski definition) is 3. The zero-order valence-electron chi connectivity index (χ0n) is 10.2. The Bertz CT molecular complexity index is 389. The van der Waals surface area contributed by atoms with Crippen LogP contribution >= 0.6 is 0 Å². The summed E-state index contributed by atoms with van der Waals surface area (Å²) >= 11 is 0. The fourth-order valence-corrected chi connectivity index (χ4v) is 2.62. The molecule has 1 unspecified atom stereocenters. The molecule has 88 valence electrons. The van der Waals surface area contributed by atoms with Gasteiger partial charge in [-0.1, -0.05) is 13.8 Å². The second-order valence-corrected chi connectivity index (χ2v) is 5.43. The van der Waals surface area contributed by atoms with Crippen LogP contribution in [0.25, 0.3) is 0 Å². The van der Waals surface area contributed by atoms with E-state index in [0.717, 1.165) is 19.3 Å². The molecule has 1 saturated carbocycles. The summed E-state index contributed by atoms with van der Waals surface area (Å²) < 4.78 is 5.27. The fraction of sp³-hybridized carbons (Fsp3) is 0.615. The van der Waals surface area contributed by atoms with Crippen LogP contribution in [0.5, 0.6) is 5.75 Å². The maximum Gasteiger partial charge on any atom is 0.143 e. The molecule has 3 heteroatoms. The number of methoxy groups -OCH3 is 1. The van der Waals surface area contributed by atoms with Crippen molar-refractivity contribution >= 4 is 0 Å². The largest absolute Gasteiger partial charge is 0.495 e. The molecule has 16 heavy (non-hydrogen) atoms. The smallest absolute Gasteiger partial charge is 0.143 e. The number of ether oxygens (including phenoxy) is 1. The third kappa shape index (κ3) is 1.92. The summed E-state index contributed by atoms with van der Waals surface area (Å²) in [4.78, 5) is 4.29. The molecule has 0 amide bonds. The second kappa shape index (κ2) is 3.74. The lowest BCUT2D eigenvalue weighted by atomic mass is 9.87. The quantitative estimate of drug-likeness (QED) is 0.834. The molecule has 1 fully saturated rings. The lowest BCUT2D eigenvalue weighted by molar-refractivity contribution is 0.0270. The first-order chi connectivity index (χ1) is 7.47. The molecule has 1 aliphatic carbocycles. The van der Waals surface area contributed by atoms with Crippen LogP contribution < -0.4 is 4.74 Å². The van der Waals surface area contributed by atoms with Crippen LogP contribution in [0.2, 0.25) is 0 Å². The van der Waals surface area contributed by atoms with E-state index >= 15 is 0 Å². The van der Waals surface area contributed by atoms with Crippen molar-refractivity contribution in [3.8, 4) is 5.75 Å². The molecule has 0 aliphatic heterocycles. The molecule has 0 spiro atoms. The molecule has 0 aromatic carbocycles. The molecule has 1 heterocycles. The zero-order chi connectivity index (χ0) is 11.8. The Morgan fingerprint density at radius 2 is 2.12 bits per heavy atom. The van der Waals surface area contributed by atoms with Gasteiger partial charge in [-0.05, 0) is 36.8 Å². The molecule has 0 saturated heterocycles. The van der Waals surface area contributed by atoms with Crippen LogP contribution in [-0.2, 0) is 5.60 Å². The van der Waals surface area contributed by atoms with E-state index in [4.69, 9.17) is 4.74 Å². The van der Waals surface area contributed by atoms with Crippen molar-refractivity contribution in [3.63, 3.8) is 0 Å². The minimum atomic E-state index is -0.823. The molecule has 0 bridgehead atoms. The van der Waals surface area contributed by atoms with E-state index in [1.165, 1.54) is 0 Å². The van der Waals surface area contributed by atoms with Crippen LogP contribution in [0.3, 0.4) is 0 Å². The van der Waals surface area contributed by atoms with Gasteiger partial charge in [0.05, 0.1) is 7.11 Å². The Labute approximate surface area is 96.5 Å². The van der Waals surface area contributed by atoms with Crippen LogP contribution in [0.15, 0.2) is 18.3 Å². The van der Waals surface area contributed by atoms with E-state index in [-0.39, 0.29) is 5.41 Å². The third-order valence-corrected chi connectivity index (χ3v) is 3.42. The van der Waals surface area contributed by atoms with Crippen LogP contribution in [0.4, 0.5) is 0 Å². The minimum absolute atomic E-state index is 0.178. The van der Waals surface area contributed by atoms with Gasteiger partial charge in [-0.15, -0.1) is 0 Å². The summed E-state index contributed by atoms with van der Waals surface area (Å²) in [6, 6.07) is 3.68. The van der Waals surface area contributed by atoms with Crippen molar-refractivity contribution in [2.45, 2.75) is 38.7 Å². The van der Waals surface area contributed by atoms with Gasteiger partial charge < -0.3 is 9.84 Å². The summed E-state index contributed by atoms with van der Waals surface area (Å²) in [5.41, 5.74) is 0.0380. The van der Waals surface area contributed by atoms with Crippen molar-refractivity contribution in [2.75, 3.05) is 7.11 Å². The topological polar surface area (TPSA) is 42.4 Å². The van der Waals surface area contributed by atoms with Crippen molar-refractivity contribution in [3.05, 3.63) is 24.0 Å². The van der Waals surface area contributed by atoms with E-state index in [2.05, 4.69) is 18.8 Å². The van der Waals surface area contributed by atoms with E-state index in [0.29, 0.717) is 11.4 Å². The van der Waals surface area contributed by atoms with Gasteiger partial charge in [0.1, 0.15) is 17.0 Å². The van der Waals surface area contributed by atoms with Crippen LogP contribution in [0.1, 0.15) is 38.8 Å². The highest BCUT2D eigenvalue weighted by atomic mass is 16.5. The molecule has 3 nitrogen and oxygen atoms in total. The highest BCUT2D eigenvalue weighted by molar-refractivity contribution is 5.32. The maximum absolute atomic E-state index is 10.7. The monoisotopic (exact) mass is 221 g/mol. The Balaban J connectivity index is 2.37. The number of aromatic nitrogens is 1. The lowest BCUT2D eigenvalue weighted by Crippen LogP contribution is -2.25. The van der Waals surface area contributed by atoms with Gasteiger partial charge in [0.15, 0.2) is 0 Å². The summed E-state index contributed by atoms with van der Waals surface area (Å²) in [5.74, 6) is 0.683. The molecule has 1 N–H and O–H groups in total. The maximum atomic E-state index is 10.7. The van der Waals surface area contributed by atoms with Gasteiger partial charge in [0.25, 0.3) is 0 Å². The molecule has 2 rings (SSSR count). The molecule has 1 atom stereocenters. The summed E-state index contributed by atoms with van der Waals surface area (Å²) in [5, 5.41) is 10.7.